The summed E-state index contributed by atoms with van der Waals surface area (Å²) in [5.41, 5.74) is 1.98. The monoisotopic (exact) mass is 275 g/mol. The molecular weight excluding hydrogens is 254 g/mol. The minimum absolute atomic E-state index is 0.269. The molecule has 1 N–H and O–H groups in total. The van der Waals surface area contributed by atoms with Gasteiger partial charge in [0.1, 0.15) is 0 Å². The third-order valence-electron chi connectivity index (χ3n) is 3.22. The fourth-order valence-electron chi connectivity index (χ4n) is 1.99. The van der Waals surface area contributed by atoms with Crippen LogP contribution < -0.4 is 5.32 Å². The first-order valence-electron chi connectivity index (χ1n) is 6.72. The van der Waals surface area contributed by atoms with Crippen molar-refractivity contribution in [3.63, 3.8) is 0 Å². The summed E-state index contributed by atoms with van der Waals surface area (Å²) in [5, 5.41) is 15.0. The predicted octanol–water partition coefficient (Wildman–Crippen LogP) is 2.05. The van der Waals surface area contributed by atoms with E-state index in [4.69, 9.17) is 4.74 Å². The van der Waals surface area contributed by atoms with Crippen molar-refractivity contribution < 1.29 is 4.74 Å². The lowest BCUT2D eigenvalue weighted by atomic mass is 10.0. The van der Waals surface area contributed by atoms with E-state index in [0.29, 0.717) is 12.5 Å². The van der Waals surface area contributed by atoms with E-state index in [1.165, 1.54) is 0 Å². The van der Waals surface area contributed by atoms with Gasteiger partial charge in [-0.2, -0.15) is 4.68 Å². The van der Waals surface area contributed by atoms with Gasteiger partial charge in [-0.25, -0.2) is 0 Å². The van der Waals surface area contributed by atoms with Crippen LogP contribution in [0, 0.1) is 12.8 Å². The van der Waals surface area contributed by atoms with Gasteiger partial charge in [0.15, 0.2) is 5.82 Å². The quantitative estimate of drug-likeness (QED) is 0.874. The summed E-state index contributed by atoms with van der Waals surface area (Å²) in [7, 11) is 1.72. The standard InChI is InChI=1S/C14H21N5O/c1-10(2)14(9-20-4)15-12-6-5-7-13(8-12)19-11(3)16-17-18-19/h5-8,10,14-15H,9H2,1-4H3. The molecule has 0 aliphatic heterocycles. The number of nitrogens with zero attached hydrogens (tertiary/aromatic N) is 4. The highest BCUT2D eigenvalue weighted by Gasteiger charge is 2.13. The normalized spacial score (nSPS) is 12.7. The van der Waals surface area contributed by atoms with Crippen LogP contribution in [0.15, 0.2) is 24.3 Å². The third kappa shape index (κ3) is 3.33. The molecule has 1 heterocycles. The number of hydrogen-bond donors (Lipinski definition) is 1. The Kier molecular flexibility index (Phi) is 4.68. The molecule has 20 heavy (non-hydrogen) atoms. The number of benzene rings is 1. The average molecular weight is 275 g/mol. The largest absolute Gasteiger partial charge is 0.383 e. The second-order valence-electron chi connectivity index (χ2n) is 5.14. The van der Waals surface area contributed by atoms with Crippen LogP contribution in [0.1, 0.15) is 19.7 Å². The molecular formula is C14H21N5O. The van der Waals surface area contributed by atoms with E-state index in [2.05, 4.69) is 34.7 Å². The molecule has 0 aliphatic carbocycles. The van der Waals surface area contributed by atoms with Gasteiger partial charge in [0, 0.05) is 12.8 Å². The van der Waals surface area contributed by atoms with Gasteiger partial charge in [0.2, 0.25) is 0 Å². The zero-order valence-corrected chi connectivity index (χ0v) is 12.4. The van der Waals surface area contributed by atoms with Crippen LogP contribution in [0.3, 0.4) is 0 Å². The number of tetrazole rings is 1. The van der Waals surface area contributed by atoms with Crippen LogP contribution in [0.4, 0.5) is 5.69 Å². The number of anilines is 1. The molecule has 2 rings (SSSR count). The Morgan fingerprint density at radius 2 is 2.15 bits per heavy atom. The number of ether oxygens (including phenoxy) is 1. The molecule has 0 saturated carbocycles. The fraction of sp³-hybridized carbons (Fsp3) is 0.500. The Labute approximate surface area is 119 Å². The Bertz CT molecular complexity index is 552. The number of hydrogen-bond acceptors (Lipinski definition) is 5. The zero-order valence-electron chi connectivity index (χ0n) is 12.4. The van der Waals surface area contributed by atoms with Crippen LogP contribution in [-0.2, 0) is 4.74 Å². The highest BCUT2D eigenvalue weighted by Crippen LogP contribution is 2.17. The molecule has 1 atom stereocenters. The number of methoxy groups -OCH3 is 1. The predicted molar refractivity (Wildman–Crippen MR) is 78.0 cm³/mol. The van der Waals surface area contributed by atoms with Gasteiger partial charge >= 0.3 is 0 Å². The number of rotatable bonds is 6. The maximum absolute atomic E-state index is 5.26. The summed E-state index contributed by atoms with van der Waals surface area (Å²) in [6.45, 7) is 6.89. The van der Waals surface area contributed by atoms with Crippen LogP contribution in [0.5, 0.6) is 0 Å². The summed E-state index contributed by atoms with van der Waals surface area (Å²) in [6.07, 6.45) is 0. The first-order valence-corrected chi connectivity index (χ1v) is 6.72. The van der Waals surface area contributed by atoms with E-state index < -0.39 is 0 Å². The molecule has 0 radical (unpaired) electrons. The van der Waals surface area contributed by atoms with Gasteiger partial charge in [-0.3, -0.25) is 0 Å². The molecule has 0 spiro atoms. The van der Waals surface area contributed by atoms with E-state index in [9.17, 15) is 0 Å². The van der Waals surface area contributed by atoms with Crippen molar-refractivity contribution in [1.82, 2.24) is 20.2 Å². The maximum Gasteiger partial charge on any atom is 0.153 e. The Hall–Kier alpha value is -1.95. The van der Waals surface area contributed by atoms with E-state index in [1.54, 1.807) is 11.8 Å². The molecule has 6 nitrogen and oxygen atoms in total. The van der Waals surface area contributed by atoms with Gasteiger partial charge in [0.05, 0.1) is 18.3 Å². The summed E-state index contributed by atoms with van der Waals surface area (Å²) in [5.74, 6) is 1.24. The van der Waals surface area contributed by atoms with Gasteiger partial charge in [-0.15, -0.1) is 5.10 Å². The molecule has 0 saturated heterocycles. The van der Waals surface area contributed by atoms with Crippen LogP contribution in [-0.4, -0.2) is 40.0 Å². The highest BCUT2D eigenvalue weighted by atomic mass is 16.5. The molecule has 0 aliphatic rings. The summed E-state index contributed by atoms with van der Waals surface area (Å²) < 4.78 is 6.97. The molecule has 108 valence electrons. The second-order valence-corrected chi connectivity index (χ2v) is 5.14. The van der Waals surface area contributed by atoms with E-state index in [0.717, 1.165) is 17.2 Å². The Morgan fingerprint density at radius 1 is 1.35 bits per heavy atom. The summed E-state index contributed by atoms with van der Waals surface area (Å²) >= 11 is 0. The number of aromatic nitrogens is 4. The minimum atomic E-state index is 0.269. The molecule has 6 heteroatoms. The minimum Gasteiger partial charge on any atom is -0.383 e. The number of aryl methyl sites for hydroxylation is 1. The summed E-state index contributed by atoms with van der Waals surface area (Å²) in [6, 6.07) is 8.31. The molecule has 2 aromatic rings. The van der Waals surface area contributed by atoms with Gasteiger partial charge in [0.25, 0.3) is 0 Å². The molecule has 1 aromatic carbocycles. The van der Waals surface area contributed by atoms with Gasteiger partial charge in [-0.05, 0) is 41.5 Å². The van der Waals surface area contributed by atoms with Crippen LogP contribution >= 0.6 is 0 Å². The molecule has 0 amide bonds. The maximum atomic E-state index is 5.26. The van der Waals surface area contributed by atoms with Crippen molar-refractivity contribution in [2.24, 2.45) is 5.92 Å². The van der Waals surface area contributed by atoms with Gasteiger partial charge < -0.3 is 10.1 Å². The lowest BCUT2D eigenvalue weighted by Crippen LogP contribution is -2.30. The third-order valence-corrected chi connectivity index (χ3v) is 3.22. The zero-order chi connectivity index (χ0) is 14.5. The van der Waals surface area contributed by atoms with Crippen LogP contribution in [0.2, 0.25) is 0 Å². The van der Waals surface area contributed by atoms with Gasteiger partial charge in [-0.1, -0.05) is 19.9 Å². The van der Waals surface area contributed by atoms with Crippen molar-refractivity contribution in [2.75, 3.05) is 19.0 Å². The van der Waals surface area contributed by atoms with Crippen molar-refractivity contribution in [2.45, 2.75) is 26.8 Å². The Morgan fingerprint density at radius 3 is 2.75 bits per heavy atom. The average Bonchev–Trinajstić information content (AvgIpc) is 2.85. The first kappa shape index (κ1) is 14.5. The molecule has 1 unspecified atom stereocenters. The van der Waals surface area contributed by atoms with Crippen LogP contribution in [0.25, 0.3) is 5.69 Å². The number of nitrogens with one attached hydrogen (secondary N) is 1. The molecule has 0 fully saturated rings. The second kappa shape index (κ2) is 6.47. The lowest BCUT2D eigenvalue weighted by Gasteiger charge is -2.23. The van der Waals surface area contributed by atoms with E-state index >= 15 is 0 Å². The Balaban J connectivity index is 2.19. The highest BCUT2D eigenvalue weighted by molar-refractivity contribution is 5.51. The van der Waals surface area contributed by atoms with E-state index in [1.807, 2.05) is 31.2 Å². The van der Waals surface area contributed by atoms with Crippen molar-refractivity contribution in [3.8, 4) is 5.69 Å². The topological polar surface area (TPSA) is 64.9 Å². The fourth-order valence-corrected chi connectivity index (χ4v) is 1.99. The molecule has 0 bridgehead atoms. The van der Waals surface area contributed by atoms with Crippen molar-refractivity contribution in [3.05, 3.63) is 30.1 Å². The molecule has 1 aromatic heterocycles. The smallest absolute Gasteiger partial charge is 0.153 e. The first-order chi connectivity index (χ1) is 9.61. The lowest BCUT2D eigenvalue weighted by molar-refractivity contribution is 0.171. The SMILES string of the molecule is COCC(Nc1cccc(-n2nnnc2C)c1)C(C)C. The van der Waals surface area contributed by atoms with Crippen molar-refractivity contribution >= 4 is 5.69 Å². The summed E-state index contributed by atoms with van der Waals surface area (Å²) in [4.78, 5) is 0. The van der Waals surface area contributed by atoms with E-state index in [-0.39, 0.29) is 6.04 Å². The van der Waals surface area contributed by atoms with Crippen molar-refractivity contribution in [1.29, 1.82) is 0 Å².